The van der Waals surface area contributed by atoms with Crippen LogP contribution in [0.1, 0.15) is 19.4 Å². The zero-order valence-corrected chi connectivity index (χ0v) is 9.12. The lowest BCUT2D eigenvalue weighted by Crippen LogP contribution is -2.04. The van der Waals surface area contributed by atoms with Gasteiger partial charge in [0.2, 0.25) is 0 Å². The average Bonchev–Trinajstić information content (AvgIpc) is 3.04. The number of rotatable bonds is 3. The predicted octanol–water partition coefficient (Wildman–Crippen LogP) is 2.80. The van der Waals surface area contributed by atoms with Gasteiger partial charge in [0.1, 0.15) is 18.5 Å². The first-order chi connectivity index (χ1) is 6.86. The monoisotopic (exact) mass is 194 g/mol. The van der Waals surface area contributed by atoms with Crippen molar-refractivity contribution >= 4 is 0 Å². The highest BCUT2D eigenvalue weighted by molar-refractivity contribution is 5.31. The number of hydrogen-bond acceptors (Lipinski definition) is 2. The highest BCUT2D eigenvalue weighted by Gasteiger charge is 2.23. The predicted molar refractivity (Wildman–Crippen MR) is 57.8 cm³/mol. The summed E-state index contributed by atoms with van der Waals surface area (Å²) in [6, 6.07) is 8.02. The van der Waals surface area contributed by atoms with Crippen LogP contribution in [0.5, 0.6) is 5.75 Å². The smallest absolute Gasteiger partial charge is 0.122 e. The number of benzene rings is 1. The molecule has 1 unspecified atom stereocenters. The van der Waals surface area contributed by atoms with E-state index in [1.165, 1.54) is 5.56 Å². The van der Waals surface area contributed by atoms with Crippen molar-refractivity contribution in [2.75, 3.05) is 13.2 Å². The van der Waals surface area contributed by atoms with Crippen molar-refractivity contribution in [2.24, 2.45) is 0 Å². The molecule has 0 bridgehead atoms. The Labute approximate surface area is 85.8 Å². The topological polar surface area (TPSA) is 21.8 Å². The maximum absolute atomic E-state index is 5.54. The number of para-hydroxylation sites is 1. The normalized spacial score (nSPS) is 18.1. The van der Waals surface area contributed by atoms with Crippen LogP contribution in [-0.4, -0.2) is 19.3 Å². The van der Waals surface area contributed by atoms with Crippen molar-refractivity contribution < 1.29 is 9.47 Å². The quantitative estimate of drug-likeness (QED) is 0.690. The van der Waals surface area contributed by atoms with E-state index in [1.807, 2.05) is 45.0 Å². The number of hydrogen-bond donors (Lipinski definition) is 0. The SMILES string of the molecule is CC.Cc1ccccc1OCC1CO1. The van der Waals surface area contributed by atoms with E-state index in [9.17, 15) is 0 Å². The molecule has 2 heteroatoms. The molecule has 0 aromatic heterocycles. The van der Waals surface area contributed by atoms with Crippen molar-refractivity contribution in [1.29, 1.82) is 0 Å². The maximum Gasteiger partial charge on any atom is 0.122 e. The molecule has 1 aliphatic rings. The van der Waals surface area contributed by atoms with Gasteiger partial charge in [-0.2, -0.15) is 0 Å². The average molecular weight is 194 g/mol. The Morgan fingerprint density at radius 2 is 2.00 bits per heavy atom. The third kappa shape index (κ3) is 3.38. The fourth-order valence-electron chi connectivity index (χ4n) is 1.07. The summed E-state index contributed by atoms with van der Waals surface area (Å²) in [5.74, 6) is 0.966. The molecule has 0 N–H and O–H groups in total. The lowest BCUT2D eigenvalue weighted by molar-refractivity contribution is 0.262. The third-order valence-corrected chi connectivity index (χ3v) is 1.92. The Bertz CT molecular complexity index is 267. The van der Waals surface area contributed by atoms with Crippen molar-refractivity contribution in [3.63, 3.8) is 0 Å². The van der Waals surface area contributed by atoms with E-state index in [1.54, 1.807) is 0 Å². The molecule has 0 amide bonds. The van der Waals surface area contributed by atoms with Gasteiger partial charge in [0.25, 0.3) is 0 Å². The molecule has 0 aliphatic carbocycles. The van der Waals surface area contributed by atoms with E-state index in [0.29, 0.717) is 12.7 Å². The fourth-order valence-corrected chi connectivity index (χ4v) is 1.07. The van der Waals surface area contributed by atoms with Crippen LogP contribution in [-0.2, 0) is 4.74 Å². The van der Waals surface area contributed by atoms with Crippen LogP contribution in [0.3, 0.4) is 0 Å². The van der Waals surface area contributed by atoms with Gasteiger partial charge in [-0.1, -0.05) is 32.0 Å². The maximum atomic E-state index is 5.54. The molecule has 1 saturated heterocycles. The van der Waals surface area contributed by atoms with Crippen LogP contribution in [0.4, 0.5) is 0 Å². The largest absolute Gasteiger partial charge is 0.491 e. The van der Waals surface area contributed by atoms with Crippen molar-refractivity contribution in [2.45, 2.75) is 26.9 Å². The number of ether oxygens (including phenoxy) is 2. The molecule has 1 heterocycles. The fraction of sp³-hybridized carbons (Fsp3) is 0.500. The van der Waals surface area contributed by atoms with Crippen LogP contribution in [0.2, 0.25) is 0 Å². The van der Waals surface area contributed by atoms with E-state index in [2.05, 4.69) is 0 Å². The first-order valence-electron chi connectivity index (χ1n) is 5.16. The van der Waals surface area contributed by atoms with Gasteiger partial charge in [-0.05, 0) is 18.6 Å². The Morgan fingerprint density at radius 3 is 2.57 bits per heavy atom. The minimum absolute atomic E-state index is 0.338. The molecule has 1 aromatic carbocycles. The summed E-state index contributed by atoms with van der Waals surface area (Å²) in [4.78, 5) is 0. The van der Waals surface area contributed by atoms with Gasteiger partial charge in [0.05, 0.1) is 6.61 Å². The second-order valence-corrected chi connectivity index (χ2v) is 3.03. The van der Waals surface area contributed by atoms with Crippen LogP contribution in [0.15, 0.2) is 24.3 Å². The summed E-state index contributed by atoms with van der Waals surface area (Å²) < 4.78 is 10.6. The van der Waals surface area contributed by atoms with Crippen LogP contribution < -0.4 is 4.74 Å². The summed E-state index contributed by atoms with van der Waals surface area (Å²) in [6.07, 6.45) is 0.338. The molecule has 2 rings (SSSR count). The first-order valence-corrected chi connectivity index (χ1v) is 5.16. The lowest BCUT2D eigenvalue weighted by Gasteiger charge is -2.06. The van der Waals surface area contributed by atoms with E-state index in [0.717, 1.165) is 12.4 Å². The number of epoxide rings is 1. The van der Waals surface area contributed by atoms with Gasteiger partial charge in [-0.3, -0.25) is 0 Å². The Morgan fingerprint density at radius 1 is 1.36 bits per heavy atom. The van der Waals surface area contributed by atoms with Gasteiger partial charge in [-0.25, -0.2) is 0 Å². The van der Waals surface area contributed by atoms with Crippen molar-refractivity contribution in [3.05, 3.63) is 29.8 Å². The minimum atomic E-state index is 0.338. The van der Waals surface area contributed by atoms with E-state index in [-0.39, 0.29) is 0 Å². The van der Waals surface area contributed by atoms with Gasteiger partial charge in [-0.15, -0.1) is 0 Å². The first kappa shape index (κ1) is 11.1. The van der Waals surface area contributed by atoms with Gasteiger partial charge >= 0.3 is 0 Å². The second kappa shape index (κ2) is 5.66. The summed E-state index contributed by atoms with van der Waals surface area (Å²) in [5.41, 5.74) is 1.18. The molecule has 1 aromatic rings. The van der Waals surface area contributed by atoms with Crippen molar-refractivity contribution in [3.8, 4) is 5.75 Å². The summed E-state index contributed by atoms with van der Waals surface area (Å²) in [7, 11) is 0. The Balaban J connectivity index is 0.000000461. The van der Waals surface area contributed by atoms with Crippen molar-refractivity contribution in [1.82, 2.24) is 0 Å². The minimum Gasteiger partial charge on any atom is -0.491 e. The molecule has 0 radical (unpaired) electrons. The Kier molecular flexibility index (Phi) is 4.47. The van der Waals surface area contributed by atoms with E-state index < -0.39 is 0 Å². The van der Waals surface area contributed by atoms with Crippen LogP contribution >= 0.6 is 0 Å². The third-order valence-electron chi connectivity index (χ3n) is 1.92. The van der Waals surface area contributed by atoms with Crippen LogP contribution in [0.25, 0.3) is 0 Å². The molecule has 0 saturated carbocycles. The standard InChI is InChI=1S/C10H12O2.C2H6/c1-8-4-2-3-5-10(8)12-7-9-6-11-9;1-2/h2-5,9H,6-7H2,1H3;1-2H3. The summed E-state index contributed by atoms with van der Waals surface area (Å²) in [6.45, 7) is 7.58. The van der Waals surface area contributed by atoms with Gasteiger partial charge < -0.3 is 9.47 Å². The van der Waals surface area contributed by atoms with E-state index >= 15 is 0 Å². The molecular formula is C12H18O2. The molecular weight excluding hydrogens is 176 g/mol. The zero-order valence-electron chi connectivity index (χ0n) is 9.12. The van der Waals surface area contributed by atoms with E-state index in [4.69, 9.17) is 9.47 Å². The molecule has 1 aliphatic heterocycles. The summed E-state index contributed by atoms with van der Waals surface area (Å²) >= 11 is 0. The molecule has 1 fully saturated rings. The zero-order chi connectivity index (χ0) is 10.4. The lowest BCUT2D eigenvalue weighted by atomic mass is 10.2. The second-order valence-electron chi connectivity index (χ2n) is 3.03. The highest BCUT2D eigenvalue weighted by Crippen LogP contribution is 2.18. The Hall–Kier alpha value is -1.02. The van der Waals surface area contributed by atoms with Gasteiger partial charge in [0.15, 0.2) is 0 Å². The van der Waals surface area contributed by atoms with Gasteiger partial charge in [0, 0.05) is 0 Å². The molecule has 14 heavy (non-hydrogen) atoms. The molecule has 0 spiro atoms. The highest BCUT2D eigenvalue weighted by atomic mass is 16.6. The van der Waals surface area contributed by atoms with Crippen LogP contribution in [0, 0.1) is 6.92 Å². The summed E-state index contributed by atoms with van der Waals surface area (Å²) in [5, 5.41) is 0. The molecule has 1 atom stereocenters. The molecule has 78 valence electrons. The molecule has 2 nitrogen and oxygen atoms in total. The number of aryl methyl sites for hydroxylation is 1.